The highest BCUT2D eigenvalue weighted by Crippen LogP contribution is 2.33. The average Bonchev–Trinajstić information content (AvgIpc) is 3.21. The zero-order chi connectivity index (χ0) is 22.5. The van der Waals surface area contributed by atoms with Gasteiger partial charge in [-0.05, 0) is 72.7 Å². The molecule has 0 aliphatic heterocycles. The summed E-state index contributed by atoms with van der Waals surface area (Å²) in [6, 6.07) is 18.6. The molecule has 32 heavy (non-hydrogen) atoms. The molecule has 0 radical (unpaired) electrons. The normalized spacial score (nSPS) is 11.1. The van der Waals surface area contributed by atoms with E-state index >= 15 is 0 Å². The third-order valence-electron chi connectivity index (χ3n) is 5.35. The van der Waals surface area contributed by atoms with Crippen molar-refractivity contribution in [2.75, 3.05) is 6.61 Å². The van der Waals surface area contributed by atoms with Crippen LogP contribution in [0, 0.1) is 11.6 Å². The molecule has 166 valence electrons. The SMILES string of the molecule is CCCCc1ccc(-c2ccc(OCc3cc4ccc(OCC)cc4s3)c(F)c2F)cc1. The smallest absolute Gasteiger partial charge is 0.201 e. The highest BCUT2D eigenvalue weighted by atomic mass is 32.1. The van der Waals surface area contributed by atoms with Gasteiger partial charge in [-0.25, -0.2) is 4.39 Å². The molecule has 0 atom stereocenters. The molecular weight excluding hydrogens is 426 g/mol. The van der Waals surface area contributed by atoms with E-state index in [1.807, 2.05) is 55.5 Å². The monoisotopic (exact) mass is 452 g/mol. The quantitative estimate of drug-likeness (QED) is 0.255. The van der Waals surface area contributed by atoms with Crippen LogP contribution < -0.4 is 9.47 Å². The van der Waals surface area contributed by atoms with E-state index in [4.69, 9.17) is 9.47 Å². The summed E-state index contributed by atoms with van der Waals surface area (Å²) in [5.74, 6) is -1.12. The standard InChI is InChI=1S/C27H26F2O2S/c1-3-5-6-18-7-9-19(10-8-18)23-13-14-24(27(29)26(23)28)31-17-22-15-20-11-12-21(30-4-2)16-25(20)32-22/h7-16H,3-6,17H2,1-2H3. The Balaban J connectivity index is 1.48. The summed E-state index contributed by atoms with van der Waals surface area (Å²) >= 11 is 1.55. The van der Waals surface area contributed by atoms with Crippen LogP contribution in [0.5, 0.6) is 11.5 Å². The number of hydrogen-bond donors (Lipinski definition) is 0. The Kier molecular flexibility index (Phi) is 7.05. The second-order valence-corrected chi connectivity index (χ2v) is 8.84. The Morgan fingerprint density at radius 2 is 1.66 bits per heavy atom. The molecule has 0 bridgehead atoms. The fourth-order valence-corrected chi connectivity index (χ4v) is 4.65. The highest BCUT2D eigenvalue weighted by Gasteiger charge is 2.16. The van der Waals surface area contributed by atoms with Crippen molar-refractivity contribution < 1.29 is 18.3 Å². The summed E-state index contributed by atoms with van der Waals surface area (Å²) in [7, 11) is 0. The van der Waals surface area contributed by atoms with Gasteiger partial charge in [-0.2, -0.15) is 4.39 Å². The van der Waals surface area contributed by atoms with Gasteiger partial charge in [0.05, 0.1) is 6.61 Å². The number of halogens is 2. The van der Waals surface area contributed by atoms with Crippen LogP contribution >= 0.6 is 11.3 Å². The summed E-state index contributed by atoms with van der Waals surface area (Å²) in [4.78, 5) is 0.931. The van der Waals surface area contributed by atoms with E-state index in [1.165, 1.54) is 11.6 Å². The lowest BCUT2D eigenvalue weighted by Gasteiger charge is -2.10. The Bertz CT molecular complexity index is 1200. The van der Waals surface area contributed by atoms with Crippen molar-refractivity contribution in [3.63, 3.8) is 0 Å². The van der Waals surface area contributed by atoms with E-state index in [1.54, 1.807) is 17.4 Å². The lowest BCUT2D eigenvalue weighted by atomic mass is 10.0. The van der Waals surface area contributed by atoms with Crippen LogP contribution in [0.1, 0.15) is 37.1 Å². The van der Waals surface area contributed by atoms with E-state index in [0.29, 0.717) is 12.2 Å². The number of aryl methyl sites for hydroxylation is 1. The summed E-state index contributed by atoms with van der Waals surface area (Å²) in [5, 5.41) is 1.07. The molecule has 4 aromatic rings. The molecule has 0 saturated heterocycles. The Morgan fingerprint density at radius 1 is 0.844 bits per heavy atom. The minimum Gasteiger partial charge on any atom is -0.494 e. The second-order valence-electron chi connectivity index (χ2n) is 7.67. The van der Waals surface area contributed by atoms with Gasteiger partial charge in [-0.3, -0.25) is 0 Å². The van der Waals surface area contributed by atoms with E-state index in [-0.39, 0.29) is 17.9 Å². The molecule has 0 unspecified atom stereocenters. The summed E-state index contributed by atoms with van der Waals surface area (Å²) in [6.07, 6.45) is 3.23. The van der Waals surface area contributed by atoms with Gasteiger partial charge >= 0.3 is 0 Å². The molecule has 1 aromatic heterocycles. The molecule has 2 nitrogen and oxygen atoms in total. The van der Waals surface area contributed by atoms with Gasteiger partial charge in [0, 0.05) is 15.1 Å². The molecule has 0 aliphatic carbocycles. The van der Waals surface area contributed by atoms with Crippen LogP contribution in [0.15, 0.2) is 60.7 Å². The summed E-state index contributed by atoms with van der Waals surface area (Å²) in [6.45, 7) is 4.87. The van der Waals surface area contributed by atoms with E-state index < -0.39 is 11.6 Å². The van der Waals surface area contributed by atoms with Crippen LogP contribution in [0.25, 0.3) is 21.2 Å². The van der Waals surface area contributed by atoms with E-state index in [0.717, 1.165) is 40.0 Å². The first-order chi connectivity index (χ1) is 15.6. The number of hydrogen-bond acceptors (Lipinski definition) is 3. The molecule has 0 aliphatic rings. The number of fused-ring (bicyclic) bond motifs is 1. The molecule has 0 N–H and O–H groups in total. The largest absolute Gasteiger partial charge is 0.494 e. The fourth-order valence-electron chi connectivity index (χ4n) is 3.64. The zero-order valence-electron chi connectivity index (χ0n) is 18.3. The highest BCUT2D eigenvalue weighted by molar-refractivity contribution is 7.19. The number of rotatable bonds is 9. The molecule has 4 rings (SSSR count). The van der Waals surface area contributed by atoms with Crippen LogP contribution in [0.3, 0.4) is 0 Å². The number of unbranched alkanes of at least 4 members (excludes halogenated alkanes) is 1. The van der Waals surface area contributed by atoms with Gasteiger partial charge < -0.3 is 9.47 Å². The van der Waals surface area contributed by atoms with Crippen molar-refractivity contribution in [3.05, 3.63) is 82.7 Å². The lowest BCUT2D eigenvalue weighted by Crippen LogP contribution is -1.99. The number of thiophene rings is 1. The minimum absolute atomic E-state index is 0.0849. The van der Waals surface area contributed by atoms with Crippen molar-refractivity contribution in [1.29, 1.82) is 0 Å². The number of benzene rings is 3. The topological polar surface area (TPSA) is 18.5 Å². The van der Waals surface area contributed by atoms with Gasteiger partial charge in [0.1, 0.15) is 12.4 Å². The molecular formula is C27H26F2O2S. The van der Waals surface area contributed by atoms with Gasteiger partial charge in [0.2, 0.25) is 5.82 Å². The first kappa shape index (κ1) is 22.3. The molecule has 0 amide bonds. The van der Waals surface area contributed by atoms with Crippen molar-refractivity contribution in [2.45, 2.75) is 39.7 Å². The molecule has 0 saturated carbocycles. The maximum absolute atomic E-state index is 14.8. The van der Waals surface area contributed by atoms with Crippen molar-refractivity contribution in [2.24, 2.45) is 0 Å². The predicted molar refractivity (Wildman–Crippen MR) is 128 cm³/mol. The first-order valence-electron chi connectivity index (χ1n) is 10.9. The number of ether oxygens (including phenoxy) is 2. The average molecular weight is 453 g/mol. The predicted octanol–water partition coefficient (Wildman–Crippen LogP) is 8.17. The van der Waals surface area contributed by atoms with Crippen LogP contribution in [0.2, 0.25) is 0 Å². The molecule has 3 aromatic carbocycles. The molecule has 0 spiro atoms. The van der Waals surface area contributed by atoms with Gasteiger partial charge in [0.15, 0.2) is 11.6 Å². The molecule has 0 fully saturated rings. The third kappa shape index (κ3) is 4.94. The van der Waals surface area contributed by atoms with Crippen LogP contribution in [-0.4, -0.2) is 6.61 Å². The third-order valence-corrected chi connectivity index (χ3v) is 6.43. The maximum atomic E-state index is 14.8. The minimum atomic E-state index is -0.961. The first-order valence-corrected chi connectivity index (χ1v) is 11.8. The second kappa shape index (κ2) is 10.1. The molecule has 5 heteroatoms. The Morgan fingerprint density at radius 3 is 2.41 bits per heavy atom. The van der Waals surface area contributed by atoms with Gasteiger partial charge in [-0.1, -0.05) is 37.6 Å². The van der Waals surface area contributed by atoms with E-state index in [2.05, 4.69) is 6.92 Å². The maximum Gasteiger partial charge on any atom is 0.201 e. The van der Waals surface area contributed by atoms with Crippen molar-refractivity contribution in [1.82, 2.24) is 0 Å². The van der Waals surface area contributed by atoms with Crippen molar-refractivity contribution >= 4 is 21.4 Å². The Labute approximate surface area is 191 Å². The summed E-state index contributed by atoms with van der Waals surface area (Å²) in [5.41, 5.74) is 2.10. The van der Waals surface area contributed by atoms with Gasteiger partial charge in [0.25, 0.3) is 0 Å². The fraction of sp³-hybridized carbons (Fsp3) is 0.259. The molecule has 1 heterocycles. The Hall–Kier alpha value is -2.92. The van der Waals surface area contributed by atoms with E-state index in [9.17, 15) is 8.78 Å². The van der Waals surface area contributed by atoms with Crippen LogP contribution in [-0.2, 0) is 13.0 Å². The summed E-state index contributed by atoms with van der Waals surface area (Å²) < 4.78 is 41.8. The zero-order valence-corrected chi connectivity index (χ0v) is 19.1. The lowest BCUT2D eigenvalue weighted by molar-refractivity contribution is 0.288. The van der Waals surface area contributed by atoms with Crippen LogP contribution in [0.4, 0.5) is 8.78 Å². The van der Waals surface area contributed by atoms with Crippen molar-refractivity contribution in [3.8, 4) is 22.6 Å². The van der Waals surface area contributed by atoms with Gasteiger partial charge in [-0.15, -0.1) is 11.3 Å².